The fraction of sp³-hybridized carbons (Fsp3) is 0.882. The van der Waals surface area contributed by atoms with Crippen LogP contribution >= 0.6 is 0 Å². The number of methoxy groups -OCH3 is 1. The Labute approximate surface area is 133 Å². The maximum atomic E-state index is 13.1. The van der Waals surface area contributed by atoms with Gasteiger partial charge in [0.25, 0.3) is 0 Å². The zero-order valence-electron chi connectivity index (χ0n) is 13.6. The molecule has 3 aliphatic rings. The van der Waals surface area contributed by atoms with Gasteiger partial charge in [-0.1, -0.05) is 12.8 Å². The Bertz CT molecular complexity index is 449. The number of carbonyl (C=O) groups excluding carboxylic acids is 1. The van der Waals surface area contributed by atoms with Crippen molar-refractivity contribution in [3.8, 4) is 6.07 Å². The molecule has 3 fully saturated rings. The number of hydrogen-bond acceptors (Lipinski definition) is 4. The van der Waals surface area contributed by atoms with Crippen molar-refractivity contribution in [1.82, 2.24) is 9.80 Å². The van der Waals surface area contributed by atoms with E-state index in [4.69, 9.17) is 4.74 Å². The van der Waals surface area contributed by atoms with Crippen molar-refractivity contribution in [3.05, 3.63) is 0 Å². The van der Waals surface area contributed by atoms with Gasteiger partial charge in [0.15, 0.2) is 0 Å². The van der Waals surface area contributed by atoms with E-state index in [2.05, 4.69) is 11.0 Å². The molecule has 22 heavy (non-hydrogen) atoms. The minimum absolute atomic E-state index is 0.119. The number of piperazine rings is 1. The van der Waals surface area contributed by atoms with Gasteiger partial charge in [0.05, 0.1) is 11.5 Å². The van der Waals surface area contributed by atoms with Gasteiger partial charge in [-0.25, -0.2) is 0 Å². The van der Waals surface area contributed by atoms with Crippen LogP contribution in [-0.2, 0) is 9.53 Å². The second-order valence-corrected chi connectivity index (χ2v) is 7.10. The molecule has 5 heteroatoms. The average Bonchev–Trinajstić information content (AvgIpc) is 3.29. The number of rotatable bonds is 5. The van der Waals surface area contributed by atoms with E-state index in [1.807, 2.05) is 4.90 Å². The molecule has 1 unspecified atom stereocenters. The predicted octanol–water partition coefficient (Wildman–Crippen LogP) is 1.78. The van der Waals surface area contributed by atoms with E-state index in [-0.39, 0.29) is 17.4 Å². The lowest BCUT2D eigenvalue weighted by Gasteiger charge is -2.42. The number of nitrogens with zero attached hydrogens (tertiary/aromatic N) is 3. The molecule has 0 aromatic rings. The van der Waals surface area contributed by atoms with E-state index in [0.717, 1.165) is 45.2 Å². The molecule has 1 aliphatic heterocycles. The van der Waals surface area contributed by atoms with E-state index in [0.29, 0.717) is 19.2 Å². The molecular weight excluding hydrogens is 278 g/mol. The van der Waals surface area contributed by atoms with Gasteiger partial charge in [-0.2, -0.15) is 5.26 Å². The minimum atomic E-state index is -0.224. The molecule has 0 radical (unpaired) electrons. The summed E-state index contributed by atoms with van der Waals surface area (Å²) in [4.78, 5) is 17.4. The SMILES string of the molecule is COCCC1(C(=O)N2CCN(C3CC3)C(C#N)C2)CCCC1. The van der Waals surface area contributed by atoms with Crippen LogP contribution in [0.4, 0.5) is 0 Å². The highest BCUT2D eigenvalue weighted by Gasteiger charge is 2.46. The highest BCUT2D eigenvalue weighted by molar-refractivity contribution is 5.83. The molecule has 1 saturated heterocycles. The summed E-state index contributed by atoms with van der Waals surface area (Å²) in [6.45, 7) is 2.87. The van der Waals surface area contributed by atoms with Crippen molar-refractivity contribution in [1.29, 1.82) is 5.26 Å². The topological polar surface area (TPSA) is 56.6 Å². The van der Waals surface area contributed by atoms with Crippen LogP contribution in [0, 0.1) is 16.7 Å². The lowest BCUT2D eigenvalue weighted by molar-refractivity contribution is -0.145. The normalized spacial score (nSPS) is 28.5. The zero-order valence-corrected chi connectivity index (χ0v) is 13.6. The summed E-state index contributed by atoms with van der Waals surface area (Å²) >= 11 is 0. The summed E-state index contributed by atoms with van der Waals surface area (Å²) in [5.41, 5.74) is -0.224. The van der Waals surface area contributed by atoms with Crippen molar-refractivity contribution in [2.75, 3.05) is 33.4 Å². The fourth-order valence-electron chi connectivity index (χ4n) is 4.20. The van der Waals surface area contributed by atoms with Crippen LogP contribution in [0.1, 0.15) is 44.9 Å². The molecule has 2 aliphatic carbocycles. The maximum absolute atomic E-state index is 13.1. The molecule has 0 aromatic carbocycles. The summed E-state index contributed by atoms with van der Waals surface area (Å²) in [6.07, 6.45) is 7.49. The quantitative estimate of drug-likeness (QED) is 0.777. The Morgan fingerprint density at radius 1 is 1.32 bits per heavy atom. The number of amides is 1. The van der Waals surface area contributed by atoms with Crippen LogP contribution in [0.25, 0.3) is 0 Å². The summed E-state index contributed by atoms with van der Waals surface area (Å²) in [7, 11) is 1.70. The standard InChI is InChI=1S/C17H27N3O2/c1-22-11-8-17(6-2-3-7-17)16(21)19-9-10-20(14-4-5-14)15(12-18)13-19/h14-15H,2-11,13H2,1H3. The van der Waals surface area contributed by atoms with E-state index in [9.17, 15) is 10.1 Å². The van der Waals surface area contributed by atoms with Gasteiger partial charge in [-0.05, 0) is 32.1 Å². The van der Waals surface area contributed by atoms with Gasteiger partial charge in [-0.3, -0.25) is 9.69 Å². The van der Waals surface area contributed by atoms with Gasteiger partial charge in [0.2, 0.25) is 5.91 Å². The summed E-state index contributed by atoms with van der Waals surface area (Å²) in [6, 6.07) is 2.89. The third-order valence-corrected chi connectivity index (χ3v) is 5.67. The lowest BCUT2D eigenvalue weighted by atomic mass is 9.81. The van der Waals surface area contributed by atoms with Gasteiger partial charge < -0.3 is 9.64 Å². The highest BCUT2D eigenvalue weighted by Crippen LogP contribution is 2.43. The molecule has 1 heterocycles. The molecule has 0 bridgehead atoms. The Morgan fingerprint density at radius 2 is 2.05 bits per heavy atom. The van der Waals surface area contributed by atoms with Gasteiger partial charge in [-0.15, -0.1) is 0 Å². The summed E-state index contributed by atoms with van der Waals surface area (Å²) in [5, 5.41) is 9.46. The van der Waals surface area contributed by atoms with Gasteiger partial charge in [0, 0.05) is 39.4 Å². The molecule has 1 atom stereocenters. The molecule has 3 rings (SSSR count). The van der Waals surface area contributed by atoms with Gasteiger partial charge in [0.1, 0.15) is 6.04 Å². The second kappa shape index (κ2) is 6.55. The van der Waals surface area contributed by atoms with Crippen LogP contribution in [0.3, 0.4) is 0 Å². The van der Waals surface area contributed by atoms with Crippen LogP contribution in [0.15, 0.2) is 0 Å². The van der Waals surface area contributed by atoms with Gasteiger partial charge >= 0.3 is 0 Å². The van der Waals surface area contributed by atoms with Crippen molar-refractivity contribution in [2.45, 2.75) is 57.0 Å². The number of hydrogen-bond donors (Lipinski definition) is 0. The number of carbonyl (C=O) groups is 1. The molecule has 122 valence electrons. The number of nitriles is 1. The summed E-state index contributed by atoms with van der Waals surface area (Å²) in [5.74, 6) is 0.276. The molecule has 5 nitrogen and oxygen atoms in total. The van der Waals surface area contributed by atoms with Crippen molar-refractivity contribution in [2.24, 2.45) is 5.41 Å². The second-order valence-electron chi connectivity index (χ2n) is 7.10. The van der Waals surface area contributed by atoms with Crippen molar-refractivity contribution < 1.29 is 9.53 Å². The van der Waals surface area contributed by atoms with Crippen LogP contribution in [0.2, 0.25) is 0 Å². The smallest absolute Gasteiger partial charge is 0.229 e. The van der Waals surface area contributed by atoms with E-state index < -0.39 is 0 Å². The molecule has 2 saturated carbocycles. The third-order valence-electron chi connectivity index (χ3n) is 5.67. The van der Waals surface area contributed by atoms with E-state index >= 15 is 0 Å². The Morgan fingerprint density at radius 3 is 2.64 bits per heavy atom. The van der Waals surface area contributed by atoms with Crippen LogP contribution in [-0.4, -0.2) is 61.1 Å². The van der Waals surface area contributed by atoms with Crippen LogP contribution in [0.5, 0.6) is 0 Å². The first-order valence-corrected chi connectivity index (χ1v) is 8.64. The first-order valence-electron chi connectivity index (χ1n) is 8.64. The number of ether oxygens (including phenoxy) is 1. The fourth-order valence-corrected chi connectivity index (χ4v) is 4.20. The Balaban J connectivity index is 1.67. The molecule has 0 spiro atoms. The molecule has 0 aromatic heterocycles. The molecular formula is C17H27N3O2. The average molecular weight is 305 g/mol. The Hall–Kier alpha value is -1.12. The minimum Gasteiger partial charge on any atom is -0.385 e. The third kappa shape index (κ3) is 3.00. The first-order chi connectivity index (χ1) is 10.7. The predicted molar refractivity (Wildman–Crippen MR) is 83.1 cm³/mol. The molecule has 0 N–H and O–H groups in total. The van der Waals surface area contributed by atoms with Crippen LogP contribution < -0.4 is 0 Å². The first kappa shape index (κ1) is 15.8. The zero-order chi connectivity index (χ0) is 15.6. The maximum Gasteiger partial charge on any atom is 0.229 e. The van der Waals surface area contributed by atoms with E-state index in [1.54, 1.807) is 7.11 Å². The largest absolute Gasteiger partial charge is 0.385 e. The highest BCUT2D eigenvalue weighted by atomic mass is 16.5. The van der Waals surface area contributed by atoms with Crippen molar-refractivity contribution >= 4 is 5.91 Å². The Kier molecular flexibility index (Phi) is 4.70. The lowest BCUT2D eigenvalue weighted by Crippen LogP contribution is -2.57. The van der Waals surface area contributed by atoms with Crippen molar-refractivity contribution in [3.63, 3.8) is 0 Å². The van der Waals surface area contributed by atoms with E-state index in [1.165, 1.54) is 12.8 Å². The summed E-state index contributed by atoms with van der Waals surface area (Å²) < 4.78 is 5.23. The monoisotopic (exact) mass is 305 g/mol. The molecule has 1 amide bonds.